The number of benzene rings is 2. The van der Waals surface area contributed by atoms with E-state index >= 15 is 0 Å². The van der Waals surface area contributed by atoms with Crippen molar-refractivity contribution in [3.05, 3.63) is 52.8 Å². The van der Waals surface area contributed by atoms with E-state index in [0.29, 0.717) is 23.1 Å². The summed E-state index contributed by atoms with van der Waals surface area (Å²) in [4.78, 5) is 9.16. The normalized spacial score (nSPS) is 16.1. The van der Waals surface area contributed by atoms with Crippen LogP contribution in [0.15, 0.2) is 30.3 Å². The minimum absolute atomic E-state index is 0.0709. The van der Waals surface area contributed by atoms with Crippen LogP contribution in [0.5, 0.6) is 5.75 Å². The Morgan fingerprint density at radius 3 is 2.45 bits per heavy atom. The number of nitrogens with two attached hydrogens (primary N) is 1. The Labute approximate surface area is 191 Å². The molecule has 1 aromatic heterocycles. The van der Waals surface area contributed by atoms with Gasteiger partial charge in [-0.25, -0.2) is 9.97 Å². The lowest BCUT2D eigenvalue weighted by atomic mass is 9.83. The molecule has 0 unspecified atom stereocenters. The molecule has 0 spiro atoms. The van der Waals surface area contributed by atoms with Crippen molar-refractivity contribution in [1.29, 1.82) is 0 Å². The highest BCUT2D eigenvalue weighted by molar-refractivity contribution is 5.91. The van der Waals surface area contributed by atoms with Crippen molar-refractivity contribution in [1.82, 2.24) is 9.97 Å². The Balaban J connectivity index is 1.75. The molecule has 1 saturated carbocycles. The minimum Gasteiger partial charge on any atom is -0.496 e. The number of rotatable bonds is 5. The van der Waals surface area contributed by atoms with E-state index in [4.69, 9.17) is 10.5 Å². The first-order valence-corrected chi connectivity index (χ1v) is 11.3. The van der Waals surface area contributed by atoms with E-state index in [2.05, 4.69) is 21.4 Å². The number of ether oxygens (including phenoxy) is 1. The number of nitrogen functional groups attached to an aromatic ring is 1. The standard InChI is InChI=1S/C25H29F3N4O/c1-14(17-9-18(25(26,27)28)11-19(29)10-17)30-24-21-12-20(16-7-5-4-6-8-16)23(33-3)13-22(21)31-15(2)32-24/h9-14,16H,4-8,29H2,1-3H3,(H,30,31,32)/t14-/m1/s1. The summed E-state index contributed by atoms with van der Waals surface area (Å²) in [7, 11) is 1.67. The maximum Gasteiger partial charge on any atom is 0.416 e. The highest BCUT2D eigenvalue weighted by Crippen LogP contribution is 2.41. The first kappa shape index (κ1) is 23.1. The van der Waals surface area contributed by atoms with Crippen LogP contribution in [0.2, 0.25) is 0 Å². The van der Waals surface area contributed by atoms with Crippen molar-refractivity contribution < 1.29 is 17.9 Å². The number of alkyl halides is 3. The fourth-order valence-electron chi connectivity index (χ4n) is 4.69. The van der Waals surface area contributed by atoms with Gasteiger partial charge in [-0.15, -0.1) is 0 Å². The second-order valence-electron chi connectivity index (χ2n) is 8.82. The van der Waals surface area contributed by atoms with Gasteiger partial charge in [-0.3, -0.25) is 0 Å². The lowest BCUT2D eigenvalue weighted by molar-refractivity contribution is -0.137. The predicted molar refractivity (Wildman–Crippen MR) is 125 cm³/mol. The summed E-state index contributed by atoms with van der Waals surface area (Å²) < 4.78 is 45.5. The number of aromatic nitrogens is 2. The molecule has 4 rings (SSSR count). The Hall–Kier alpha value is -3.03. The third-order valence-electron chi connectivity index (χ3n) is 6.36. The molecular formula is C25H29F3N4O. The maximum atomic E-state index is 13.3. The van der Waals surface area contributed by atoms with Gasteiger partial charge in [0.15, 0.2) is 0 Å². The summed E-state index contributed by atoms with van der Waals surface area (Å²) in [6, 6.07) is 7.20. The van der Waals surface area contributed by atoms with Crippen LogP contribution in [-0.4, -0.2) is 17.1 Å². The van der Waals surface area contributed by atoms with E-state index in [1.165, 1.54) is 19.3 Å². The molecule has 0 saturated heterocycles. The zero-order valence-corrected chi connectivity index (χ0v) is 19.1. The van der Waals surface area contributed by atoms with Crippen molar-refractivity contribution in [2.24, 2.45) is 0 Å². The van der Waals surface area contributed by atoms with Gasteiger partial charge in [-0.05, 0) is 68.0 Å². The summed E-state index contributed by atoms with van der Waals surface area (Å²) in [6.07, 6.45) is 1.38. The fraction of sp³-hybridized carbons (Fsp3) is 0.440. The first-order chi connectivity index (χ1) is 15.7. The topological polar surface area (TPSA) is 73.1 Å². The highest BCUT2D eigenvalue weighted by atomic mass is 19.4. The van der Waals surface area contributed by atoms with Crippen molar-refractivity contribution in [3.8, 4) is 5.75 Å². The van der Waals surface area contributed by atoms with E-state index in [1.54, 1.807) is 27.0 Å². The van der Waals surface area contributed by atoms with Crippen LogP contribution >= 0.6 is 0 Å². The molecule has 0 amide bonds. The molecule has 1 aliphatic rings. The van der Waals surface area contributed by atoms with Gasteiger partial charge in [0.25, 0.3) is 0 Å². The minimum atomic E-state index is -4.46. The molecule has 1 aliphatic carbocycles. The molecule has 0 radical (unpaired) electrons. The van der Waals surface area contributed by atoms with Crippen molar-refractivity contribution in [3.63, 3.8) is 0 Å². The lowest BCUT2D eigenvalue weighted by Crippen LogP contribution is -2.13. The van der Waals surface area contributed by atoms with Crippen LogP contribution in [-0.2, 0) is 6.18 Å². The molecule has 0 bridgehead atoms. The summed E-state index contributed by atoms with van der Waals surface area (Å²) in [5.74, 6) is 2.37. The van der Waals surface area contributed by atoms with Gasteiger partial charge >= 0.3 is 6.18 Å². The molecule has 3 N–H and O–H groups in total. The number of hydrogen-bond acceptors (Lipinski definition) is 5. The van der Waals surface area contributed by atoms with Crippen LogP contribution in [0.1, 0.15) is 73.5 Å². The van der Waals surface area contributed by atoms with Gasteiger partial charge in [0.2, 0.25) is 0 Å². The summed E-state index contributed by atoms with van der Waals surface area (Å²) in [6.45, 7) is 3.59. The zero-order valence-electron chi connectivity index (χ0n) is 19.1. The lowest BCUT2D eigenvalue weighted by Gasteiger charge is -2.25. The average Bonchev–Trinajstić information content (AvgIpc) is 2.77. The SMILES string of the molecule is COc1cc2nc(C)nc(N[C@H](C)c3cc(N)cc(C(F)(F)F)c3)c2cc1C1CCCCC1. The Bertz CT molecular complexity index is 1160. The van der Waals surface area contributed by atoms with Gasteiger partial charge in [0, 0.05) is 17.1 Å². The number of methoxy groups -OCH3 is 1. The Kier molecular flexibility index (Phi) is 6.36. The molecule has 176 valence electrons. The van der Waals surface area contributed by atoms with E-state index in [9.17, 15) is 13.2 Å². The summed E-state index contributed by atoms with van der Waals surface area (Å²) >= 11 is 0. The van der Waals surface area contributed by atoms with Gasteiger partial charge in [0.05, 0.1) is 24.2 Å². The van der Waals surface area contributed by atoms with E-state index < -0.39 is 17.8 Å². The number of halogens is 3. The molecule has 3 aromatic rings. The number of aryl methyl sites for hydroxylation is 1. The number of hydrogen-bond donors (Lipinski definition) is 2. The van der Waals surface area contributed by atoms with E-state index in [0.717, 1.165) is 47.2 Å². The van der Waals surface area contributed by atoms with Crippen molar-refractivity contribution in [2.75, 3.05) is 18.2 Å². The maximum absolute atomic E-state index is 13.3. The fourth-order valence-corrected chi connectivity index (χ4v) is 4.69. The van der Waals surface area contributed by atoms with Gasteiger partial charge in [-0.2, -0.15) is 13.2 Å². The van der Waals surface area contributed by atoms with E-state index in [1.807, 2.05) is 6.07 Å². The van der Waals surface area contributed by atoms with Crippen LogP contribution in [0.25, 0.3) is 10.9 Å². The number of nitrogens with one attached hydrogen (secondary N) is 1. The Morgan fingerprint density at radius 2 is 1.79 bits per heavy atom. The van der Waals surface area contributed by atoms with Crippen LogP contribution in [0, 0.1) is 6.92 Å². The largest absolute Gasteiger partial charge is 0.496 e. The van der Waals surface area contributed by atoms with Crippen LogP contribution in [0.4, 0.5) is 24.7 Å². The quantitative estimate of drug-likeness (QED) is 0.413. The van der Waals surface area contributed by atoms with Crippen LogP contribution in [0.3, 0.4) is 0 Å². The first-order valence-electron chi connectivity index (χ1n) is 11.3. The number of nitrogens with zero attached hydrogens (tertiary/aromatic N) is 2. The van der Waals surface area contributed by atoms with Crippen LogP contribution < -0.4 is 15.8 Å². The summed E-state index contributed by atoms with van der Waals surface area (Å²) in [5, 5.41) is 4.13. The second kappa shape index (κ2) is 9.08. The Morgan fingerprint density at radius 1 is 1.06 bits per heavy atom. The molecule has 0 aliphatic heterocycles. The van der Waals surface area contributed by atoms with Gasteiger partial charge < -0.3 is 15.8 Å². The molecule has 1 fully saturated rings. The number of anilines is 2. The molecular weight excluding hydrogens is 429 g/mol. The highest BCUT2D eigenvalue weighted by Gasteiger charge is 2.31. The molecule has 1 heterocycles. The van der Waals surface area contributed by atoms with E-state index in [-0.39, 0.29) is 5.69 Å². The predicted octanol–water partition coefficient (Wildman–Crippen LogP) is 6.77. The average molecular weight is 459 g/mol. The van der Waals surface area contributed by atoms with Crippen molar-refractivity contribution >= 4 is 22.4 Å². The monoisotopic (exact) mass is 458 g/mol. The molecule has 2 aromatic carbocycles. The van der Waals surface area contributed by atoms with Crippen molar-refractivity contribution in [2.45, 2.75) is 64.1 Å². The third-order valence-corrected chi connectivity index (χ3v) is 6.36. The smallest absolute Gasteiger partial charge is 0.416 e. The molecule has 33 heavy (non-hydrogen) atoms. The second-order valence-corrected chi connectivity index (χ2v) is 8.82. The molecule has 5 nitrogen and oxygen atoms in total. The zero-order chi connectivity index (χ0) is 23.8. The third kappa shape index (κ3) is 4.99. The van der Waals surface area contributed by atoms with Gasteiger partial charge in [-0.1, -0.05) is 19.3 Å². The summed E-state index contributed by atoms with van der Waals surface area (Å²) in [5.41, 5.74) is 7.38. The number of fused-ring (bicyclic) bond motifs is 1. The molecule has 8 heteroatoms. The van der Waals surface area contributed by atoms with Gasteiger partial charge in [0.1, 0.15) is 17.4 Å². The molecule has 1 atom stereocenters.